The molecule has 0 spiro atoms. The van der Waals surface area contributed by atoms with E-state index in [1.807, 2.05) is 12.2 Å². The summed E-state index contributed by atoms with van der Waals surface area (Å²) in [6.45, 7) is 6.45. The van der Waals surface area contributed by atoms with Crippen LogP contribution in [-0.4, -0.2) is 37.2 Å². The van der Waals surface area contributed by atoms with Crippen LogP contribution < -0.4 is 0 Å². The SMILES string of the molecule is CC/C=C\C/C=C\C/C=C\C/C=C\C/C=C\CCC(=O)OC(COC(=O)CCCCCCC/C=C\CCCCCCCCCCC)COC(=O)CCCCCCCCCCCCC. The molecule has 0 aromatic carbocycles. The highest BCUT2D eigenvalue weighted by Gasteiger charge is 2.19. The Kier molecular flexibility index (Phi) is 48.9. The van der Waals surface area contributed by atoms with Crippen molar-refractivity contribution in [1.82, 2.24) is 0 Å². The van der Waals surface area contributed by atoms with Crippen molar-refractivity contribution in [3.63, 3.8) is 0 Å². The summed E-state index contributed by atoms with van der Waals surface area (Å²) in [4.78, 5) is 37.9. The molecule has 0 rings (SSSR count). The Hall–Kier alpha value is -3.15. The molecule has 6 heteroatoms. The number of rotatable bonds is 47. The molecule has 0 saturated heterocycles. The van der Waals surface area contributed by atoms with E-state index in [1.165, 1.54) is 128 Å². The van der Waals surface area contributed by atoms with E-state index in [9.17, 15) is 14.4 Å². The minimum atomic E-state index is -0.815. The van der Waals surface area contributed by atoms with E-state index in [4.69, 9.17) is 14.2 Å². The minimum absolute atomic E-state index is 0.106. The van der Waals surface area contributed by atoms with Crippen LogP contribution in [0.2, 0.25) is 0 Å². The average molecular weight is 879 g/mol. The number of ether oxygens (including phenoxy) is 3. The first-order valence-corrected chi connectivity index (χ1v) is 26.4. The third-order valence-corrected chi connectivity index (χ3v) is 11.2. The van der Waals surface area contributed by atoms with Gasteiger partial charge < -0.3 is 14.2 Å². The Morgan fingerprint density at radius 1 is 0.333 bits per heavy atom. The number of carbonyl (C=O) groups is 3. The molecule has 1 atom stereocenters. The van der Waals surface area contributed by atoms with Gasteiger partial charge in [0.05, 0.1) is 0 Å². The van der Waals surface area contributed by atoms with E-state index < -0.39 is 12.1 Å². The maximum Gasteiger partial charge on any atom is 0.306 e. The third-order valence-electron chi connectivity index (χ3n) is 11.2. The van der Waals surface area contributed by atoms with Crippen molar-refractivity contribution in [2.24, 2.45) is 0 Å². The Labute approximate surface area is 389 Å². The number of carbonyl (C=O) groups excluding carboxylic acids is 3. The van der Waals surface area contributed by atoms with Gasteiger partial charge in [-0.05, 0) is 77.0 Å². The molecule has 0 heterocycles. The standard InChI is InChI=1S/C57H98O6/c1-4-7-10-13-16-19-22-24-26-28-29-31-32-35-38-41-44-47-50-56(59)62-53-54(52-61-55(58)49-46-43-40-37-34-21-18-15-12-9-6-3)63-57(60)51-48-45-42-39-36-33-30-27-25-23-20-17-14-11-8-5-2/h8,11,17,20,25,27,29,31,33,36,42,45,54H,4-7,9-10,12-16,18-19,21-24,26,28,30,32,34-35,37-41,43-44,46-53H2,1-3H3/b11-8-,20-17-,27-25-,31-29-,36-33-,45-42-. The predicted octanol–water partition coefficient (Wildman–Crippen LogP) is 17.4. The highest BCUT2D eigenvalue weighted by molar-refractivity contribution is 5.71. The van der Waals surface area contributed by atoms with Crippen LogP contribution in [-0.2, 0) is 28.6 Å². The van der Waals surface area contributed by atoms with Crippen LogP contribution in [0.1, 0.15) is 252 Å². The second-order valence-electron chi connectivity index (χ2n) is 17.4. The quantitative estimate of drug-likeness (QED) is 0.0262. The fourth-order valence-corrected chi connectivity index (χ4v) is 7.25. The van der Waals surface area contributed by atoms with Crippen molar-refractivity contribution in [2.75, 3.05) is 13.2 Å². The lowest BCUT2D eigenvalue weighted by Gasteiger charge is -2.18. The zero-order valence-electron chi connectivity index (χ0n) is 41.3. The summed E-state index contributed by atoms with van der Waals surface area (Å²) in [5.74, 6) is -0.996. The largest absolute Gasteiger partial charge is 0.462 e. The number of allylic oxidation sites excluding steroid dienone is 12. The molecule has 0 aliphatic heterocycles. The van der Waals surface area contributed by atoms with Gasteiger partial charge >= 0.3 is 17.9 Å². The van der Waals surface area contributed by atoms with Crippen LogP contribution in [0.5, 0.6) is 0 Å². The molecular weight excluding hydrogens is 781 g/mol. The van der Waals surface area contributed by atoms with Crippen LogP contribution in [0.4, 0.5) is 0 Å². The Balaban J connectivity index is 4.46. The highest BCUT2D eigenvalue weighted by atomic mass is 16.6. The van der Waals surface area contributed by atoms with Crippen LogP contribution in [0.25, 0.3) is 0 Å². The van der Waals surface area contributed by atoms with Gasteiger partial charge in [-0.2, -0.15) is 0 Å². The normalized spacial score (nSPS) is 12.6. The van der Waals surface area contributed by atoms with Gasteiger partial charge in [-0.3, -0.25) is 14.4 Å². The molecule has 362 valence electrons. The molecule has 0 fully saturated rings. The van der Waals surface area contributed by atoms with Crippen molar-refractivity contribution in [2.45, 2.75) is 258 Å². The summed E-state index contributed by atoms with van der Waals surface area (Å²) < 4.78 is 16.7. The zero-order chi connectivity index (χ0) is 45.8. The molecular formula is C57H98O6. The smallest absolute Gasteiger partial charge is 0.306 e. The maximum absolute atomic E-state index is 12.8. The lowest BCUT2D eigenvalue weighted by atomic mass is 10.1. The van der Waals surface area contributed by atoms with Gasteiger partial charge in [0.15, 0.2) is 6.10 Å². The molecule has 0 aliphatic carbocycles. The van der Waals surface area contributed by atoms with Crippen LogP contribution >= 0.6 is 0 Å². The lowest BCUT2D eigenvalue weighted by Crippen LogP contribution is -2.30. The van der Waals surface area contributed by atoms with Crippen molar-refractivity contribution >= 4 is 17.9 Å². The molecule has 0 saturated carbocycles. The summed E-state index contributed by atoms with van der Waals surface area (Å²) in [5, 5.41) is 0. The Morgan fingerprint density at radius 2 is 0.651 bits per heavy atom. The monoisotopic (exact) mass is 879 g/mol. The first kappa shape index (κ1) is 59.9. The van der Waals surface area contributed by atoms with E-state index in [-0.39, 0.29) is 31.6 Å². The van der Waals surface area contributed by atoms with Gasteiger partial charge in [0.25, 0.3) is 0 Å². The predicted molar refractivity (Wildman–Crippen MR) is 270 cm³/mol. The fourth-order valence-electron chi connectivity index (χ4n) is 7.25. The molecule has 0 bridgehead atoms. The molecule has 0 radical (unpaired) electrons. The van der Waals surface area contributed by atoms with Gasteiger partial charge in [-0.1, -0.05) is 229 Å². The summed E-state index contributed by atoms with van der Waals surface area (Å²) in [6.07, 6.45) is 64.7. The third kappa shape index (κ3) is 49.7. The molecule has 0 amide bonds. The van der Waals surface area contributed by atoms with E-state index in [0.717, 1.165) is 77.0 Å². The van der Waals surface area contributed by atoms with Crippen LogP contribution in [0, 0.1) is 0 Å². The molecule has 0 aromatic rings. The van der Waals surface area contributed by atoms with Crippen molar-refractivity contribution in [3.05, 3.63) is 72.9 Å². The Bertz CT molecular complexity index is 1190. The number of hydrogen-bond donors (Lipinski definition) is 0. The molecule has 6 nitrogen and oxygen atoms in total. The molecule has 0 aromatic heterocycles. The van der Waals surface area contributed by atoms with Gasteiger partial charge in [0.1, 0.15) is 13.2 Å². The van der Waals surface area contributed by atoms with Gasteiger partial charge in [0, 0.05) is 19.3 Å². The van der Waals surface area contributed by atoms with Gasteiger partial charge in [-0.15, -0.1) is 0 Å². The summed E-state index contributed by atoms with van der Waals surface area (Å²) >= 11 is 0. The molecule has 0 N–H and O–H groups in total. The molecule has 1 unspecified atom stereocenters. The van der Waals surface area contributed by atoms with Crippen molar-refractivity contribution in [1.29, 1.82) is 0 Å². The van der Waals surface area contributed by atoms with E-state index in [2.05, 4.69) is 81.5 Å². The fraction of sp³-hybridized carbons (Fsp3) is 0.737. The molecule has 0 aliphatic rings. The van der Waals surface area contributed by atoms with Crippen molar-refractivity contribution in [3.8, 4) is 0 Å². The highest BCUT2D eigenvalue weighted by Crippen LogP contribution is 2.14. The number of hydrogen-bond acceptors (Lipinski definition) is 6. The summed E-state index contributed by atoms with van der Waals surface area (Å²) in [7, 11) is 0. The van der Waals surface area contributed by atoms with E-state index >= 15 is 0 Å². The summed E-state index contributed by atoms with van der Waals surface area (Å²) in [6, 6.07) is 0. The first-order valence-electron chi connectivity index (χ1n) is 26.4. The van der Waals surface area contributed by atoms with Gasteiger partial charge in [0.2, 0.25) is 0 Å². The van der Waals surface area contributed by atoms with Crippen LogP contribution in [0.3, 0.4) is 0 Å². The second kappa shape index (κ2) is 51.5. The average Bonchev–Trinajstić information content (AvgIpc) is 3.28. The Morgan fingerprint density at radius 3 is 1.03 bits per heavy atom. The minimum Gasteiger partial charge on any atom is -0.462 e. The summed E-state index contributed by atoms with van der Waals surface area (Å²) in [5.41, 5.74) is 0. The van der Waals surface area contributed by atoms with Gasteiger partial charge in [-0.25, -0.2) is 0 Å². The second-order valence-corrected chi connectivity index (χ2v) is 17.4. The van der Waals surface area contributed by atoms with Crippen molar-refractivity contribution < 1.29 is 28.6 Å². The van der Waals surface area contributed by atoms with E-state index in [0.29, 0.717) is 19.3 Å². The zero-order valence-corrected chi connectivity index (χ0v) is 41.3. The first-order chi connectivity index (χ1) is 31.0. The van der Waals surface area contributed by atoms with E-state index in [1.54, 1.807) is 0 Å². The lowest BCUT2D eigenvalue weighted by molar-refractivity contribution is -0.166. The topological polar surface area (TPSA) is 78.9 Å². The number of unbranched alkanes of at least 4 members (excludes halogenated alkanes) is 24. The van der Waals surface area contributed by atoms with Crippen LogP contribution in [0.15, 0.2) is 72.9 Å². The maximum atomic E-state index is 12.8. The number of esters is 3. The molecule has 63 heavy (non-hydrogen) atoms.